The van der Waals surface area contributed by atoms with Gasteiger partial charge >= 0.3 is 0 Å². The van der Waals surface area contributed by atoms with E-state index >= 15 is 0 Å². The average Bonchev–Trinajstić information content (AvgIpc) is 3.55. The summed E-state index contributed by atoms with van der Waals surface area (Å²) >= 11 is 0. The van der Waals surface area contributed by atoms with Crippen molar-refractivity contribution >= 4 is 39.3 Å². The van der Waals surface area contributed by atoms with Crippen LogP contribution in [0.2, 0.25) is 0 Å². The van der Waals surface area contributed by atoms with Gasteiger partial charge in [0.25, 0.3) is 0 Å². The zero-order chi connectivity index (χ0) is 24.1. The highest BCUT2D eigenvalue weighted by molar-refractivity contribution is 5.97. The first-order chi connectivity index (χ1) is 17.7. The number of carbonyl (C=O) groups is 1. The standard InChI is InChI=1S/C27H26N8O/c36-27(16-4-5-16)30-19-12-18(14-28-15-19)17-6-7-21-20(13-17)23(34-33-21)26-31-24-22(8-9-29-25(24)32-26)35-10-2-1-3-11-35/h6-9,12-16H,1-5,10-11H2,(H,30,36)(H,33,34)(H,29,31,32). The molecule has 1 saturated heterocycles. The molecule has 9 nitrogen and oxygen atoms in total. The Kier molecular flexibility index (Phi) is 4.93. The van der Waals surface area contributed by atoms with Crippen molar-refractivity contribution in [3.8, 4) is 22.6 Å². The number of nitrogens with one attached hydrogen (secondary N) is 3. The molecule has 5 aromatic rings. The summed E-state index contributed by atoms with van der Waals surface area (Å²) in [7, 11) is 0. The van der Waals surface area contributed by atoms with E-state index < -0.39 is 0 Å². The Morgan fingerprint density at radius 3 is 2.78 bits per heavy atom. The van der Waals surface area contributed by atoms with Gasteiger partial charge in [-0.2, -0.15) is 5.10 Å². The lowest BCUT2D eigenvalue weighted by Crippen LogP contribution is -2.29. The minimum absolute atomic E-state index is 0.0731. The van der Waals surface area contributed by atoms with Crippen LogP contribution >= 0.6 is 0 Å². The summed E-state index contributed by atoms with van der Waals surface area (Å²) in [6.45, 7) is 2.09. The number of imidazole rings is 1. The molecule has 2 aliphatic rings. The van der Waals surface area contributed by atoms with E-state index in [0.717, 1.165) is 70.5 Å². The number of H-pyrrole nitrogens is 2. The number of rotatable bonds is 5. The summed E-state index contributed by atoms with van der Waals surface area (Å²) in [6, 6.07) is 10.1. The van der Waals surface area contributed by atoms with Gasteiger partial charge in [-0.15, -0.1) is 0 Å². The number of amides is 1. The van der Waals surface area contributed by atoms with Gasteiger partial charge in [-0.25, -0.2) is 9.97 Å². The molecule has 180 valence electrons. The van der Waals surface area contributed by atoms with Crippen molar-refractivity contribution in [1.29, 1.82) is 0 Å². The first kappa shape index (κ1) is 21.0. The minimum atomic E-state index is 0.0731. The zero-order valence-corrected chi connectivity index (χ0v) is 19.8. The van der Waals surface area contributed by atoms with Crippen LogP contribution in [0.25, 0.3) is 44.7 Å². The van der Waals surface area contributed by atoms with Crippen LogP contribution in [0, 0.1) is 5.92 Å². The Balaban J connectivity index is 1.25. The van der Waals surface area contributed by atoms with Crippen molar-refractivity contribution < 1.29 is 4.79 Å². The van der Waals surface area contributed by atoms with E-state index in [2.05, 4.69) is 47.5 Å². The molecule has 3 N–H and O–H groups in total. The molecular weight excluding hydrogens is 452 g/mol. The second kappa shape index (κ2) is 8.44. The van der Waals surface area contributed by atoms with E-state index in [1.54, 1.807) is 6.20 Å². The second-order valence-corrected chi connectivity index (χ2v) is 9.72. The highest BCUT2D eigenvalue weighted by Gasteiger charge is 2.29. The number of pyridine rings is 2. The van der Waals surface area contributed by atoms with Gasteiger partial charge in [0, 0.05) is 42.4 Å². The molecule has 0 unspecified atom stereocenters. The van der Waals surface area contributed by atoms with E-state index in [1.807, 2.05) is 30.6 Å². The fourth-order valence-electron chi connectivity index (χ4n) is 5.03. The van der Waals surface area contributed by atoms with Gasteiger partial charge in [-0.1, -0.05) is 6.07 Å². The third kappa shape index (κ3) is 3.77. The second-order valence-electron chi connectivity index (χ2n) is 9.72. The first-order valence-electron chi connectivity index (χ1n) is 12.6. The van der Waals surface area contributed by atoms with Crippen molar-refractivity contribution in [2.24, 2.45) is 5.92 Å². The molecule has 2 fully saturated rings. The first-order valence-corrected chi connectivity index (χ1v) is 12.6. The van der Waals surface area contributed by atoms with Gasteiger partial charge in [0.2, 0.25) is 5.91 Å². The summed E-state index contributed by atoms with van der Waals surface area (Å²) in [6.07, 6.45) is 11.0. The lowest BCUT2D eigenvalue weighted by Gasteiger charge is -2.28. The van der Waals surface area contributed by atoms with E-state index in [9.17, 15) is 4.79 Å². The third-order valence-corrected chi connectivity index (χ3v) is 7.13. The molecule has 9 heteroatoms. The molecule has 1 saturated carbocycles. The quantitative estimate of drug-likeness (QED) is 0.331. The summed E-state index contributed by atoms with van der Waals surface area (Å²) in [5.41, 5.74) is 7.07. The molecular formula is C27H26N8O. The van der Waals surface area contributed by atoms with Gasteiger partial charge in [0.15, 0.2) is 11.5 Å². The molecule has 0 radical (unpaired) electrons. The van der Waals surface area contributed by atoms with Crippen LogP contribution in [0.4, 0.5) is 11.4 Å². The normalized spacial score (nSPS) is 16.1. The SMILES string of the molecule is O=C(Nc1cncc(-c2ccc3[nH]nc(-c4nc5c(N6CCCCC6)ccnc5[nH]4)c3c2)c1)C1CC1. The van der Waals surface area contributed by atoms with Gasteiger partial charge in [0.05, 0.1) is 23.1 Å². The van der Waals surface area contributed by atoms with E-state index in [1.165, 1.54) is 19.3 Å². The third-order valence-electron chi connectivity index (χ3n) is 7.13. The Morgan fingerprint density at radius 1 is 1.03 bits per heavy atom. The number of hydrogen-bond donors (Lipinski definition) is 3. The van der Waals surface area contributed by atoms with E-state index in [0.29, 0.717) is 11.5 Å². The van der Waals surface area contributed by atoms with Crippen molar-refractivity contribution in [3.05, 3.63) is 48.9 Å². The van der Waals surface area contributed by atoms with Crippen molar-refractivity contribution in [1.82, 2.24) is 30.1 Å². The molecule has 1 amide bonds. The van der Waals surface area contributed by atoms with Crippen molar-refractivity contribution in [3.63, 3.8) is 0 Å². The molecule has 0 atom stereocenters. The lowest BCUT2D eigenvalue weighted by atomic mass is 10.0. The van der Waals surface area contributed by atoms with Gasteiger partial charge in [0.1, 0.15) is 11.2 Å². The van der Waals surface area contributed by atoms with Crippen LogP contribution in [-0.2, 0) is 4.79 Å². The molecule has 4 aromatic heterocycles. The highest BCUT2D eigenvalue weighted by Crippen LogP contribution is 2.34. The molecule has 1 aromatic carbocycles. The zero-order valence-electron chi connectivity index (χ0n) is 19.8. The smallest absolute Gasteiger partial charge is 0.227 e. The van der Waals surface area contributed by atoms with Gasteiger partial charge in [-0.3, -0.25) is 14.9 Å². The Hall–Kier alpha value is -4.27. The molecule has 7 rings (SSSR count). The van der Waals surface area contributed by atoms with E-state index in [-0.39, 0.29) is 11.8 Å². The summed E-state index contributed by atoms with van der Waals surface area (Å²) in [5, 5.41) is 11.7. The maximum Gasteiger partial charge on any atom is 0.227 e. The van der Waals surface area contributed by atoms with Crippen LogP contribution in [0.1, 0.15) is 32.1 Å². The monoisotopic (exact) mass is 478 g/mol. The average molecular weight is 479 g/mol. The Bertz CT molecular complexity index is 1590. The van der Waals surface area contributed by atoms with Crippen molar-refractivity contribution in [2.45, 2.75) is 32.1 Å². The minimum Gasteiger partial charge on any atom is -0.370 e. The number of anilines is 2. The predicted octanol–water partition coefficient (Wildman–Crippen LogP) is 4.90. The summed E-state index contributed by atoms with van der Waals surface area (Å²) < 4.78 is 0. The van der Waals surface area contributed by atoms with E-state index in [4.69, 9.17) is 4.98 Å². The fourth-order valence-corrected chi connectivity index (χ4v) is 5.03. The Morgan fingerprint density at radius 2 is 1.92 bits per heavy atom. The molecule has 1 aliphatic heterocycles. The topological polar surface area (TPSA) is 115 Å². The molecule has 36 heavy (non-hydrogen) atoms. The number of hydrogen-bond acceptors (Lipinski definition) is 6. The van der Waals surface area contributed by atoms with Gasteiger partial charge < -0.3 is 15.2 Å². The van der Waals surface area contributed by atoms with Crippen LogP contribution in [0.5, 0.6) is 0 Å². The molecule has 0 spiro atoms. The number of fused-ring (bicyclic) bond motifs is 2. The number of piperidine rings is 1. The van der Waals surface area contributed by atoms with Crippen molar-refractivity contribution in [2.75, 3.05) is 23.3 Å². The number of carbonyl (C=O) groups excluding carboxylic acids is 1. The summed E-state index contributed by atoms with van der Waals surface area (Å²) in [5.74, 6) is 0.907. The Labute approximate surface area is 207 Å². The number of aromatic amines is 2. The number of benzene rings is 1. The van der Waals surface area contributed by atoms with Crippen LogP contribution in [0.15, 0.2) is 48.9 Å². The lowest BCUT2D eigenvalue weighted by molar-refractivity contribution is -0.117. The van der Waals surface area contributed by atoms with Gasteiger partial charge in [-0.05, 0) is 61.9 Å². The summed E-state index contributed by atoms with van der Waals surface area (Å²) in [4.78, 5) is 31.8. The highest BCUT2D eigenvalue weighted by atomic mass is 16.2. The maximum absolute atomic E-state index is 12.2. The maximum atomic E-state index is 12.2. The molecule has 1 aliphatic carbocycles. The predicted molar refractivity (Wildman–Crippen MR) is 140 cm³/mol. The van der Waals surface area contributed by atoms with Crippen LogP contribution in [-0.4, -0.2) is 49.1 Å². The number of aromatic nitrogens is 6. The fraction of sp³-hybridized carbons (Fsp3) is 0.296. The largest absolute Gasteiger partial charge is 0.370 e. The van der Waals surface area contributed by atoms with Crippen LogP contribution < -0.4 is 10.2 Å². The molecule has 5 heterocycles. The number of nitrogens with zero attached hydrogens (tertiary/aromatic N) is 5. The molecule has 0 bridgehead atoms. The van der Waals surface area contributed by atoms with Crippen LogP contribution in [0.3, 0.4) is 0 Å².